The number of hydrogen-bond acceptors (Lipinski definition) is 2. The fraction of sp³-hybridized carbons (Fsp3) is 0.250. The topological polar surface area (TPSA) is 46.2 Å². The second-order valence-corrected chi connectivity index (χ2v) is 2.63. The maximum atomic E-state index is 12.9. The molecule has 78 valence electrons. The Hall–Kier alpha value is -1.14. The van der Waals surface area contributed by atoms with Gasteiger partial charge in [0.25, 0.3) is 0 Å². The molecule has 0 spiro atoms. The first-order chi connectivity index (χ1) is 6.49. The third-order valence-corrected chi connectivity index (χ3v) is 1.70. The van der Waals surface area contributed by atoms with E-state index in [1.807, 2.05) is 0 Å². The highest BCUT2D eigenvalue weighted by Gasteiger charge is 2.23. The van der Waals surface area contributed by atoms with Gasteiger partial charge >= 0.3 is 0 Å². The Kier molecular flexibility index (Phi) is 3.07. The first-order valence-corrected chi connectivity index (χ1v) is 3.70. The van der Waals surface area contributed by atoms with Crippen molar-refractivity contribution in [1.82, 2.24) is 0 Å². The number of benzene rings is 1. The smallest absolute Gasteiger partial charge is 0.167 e. The van der Waals surface area contributed by atoms with E-state index in [4.69, 9.17) is 10.8 Å². The summed E-state index contributed by atoms with van der Waals surface area (Å²) in [6, 6.07) is 0.0669. The van der Waals surface area contributed by atoms with E-state index in [0.29, 0.717) is 0 Å². The molecular formula is C8H7F4NO. The van der Waals surface area contributed by atoms with Crippen LogP contribution in [-0.2, 0) is 0 Å². The number of aliphatic hydroxyl groups excluding tert-OH is 1. The molecule has 6 heteroatoms. The third-order valence-electron chi connectivity index (χ3n) is 1.70. The van der Waals surface area contributed by atoms with E-state index in [0.717, 1.165) is 0 Å². The molecule has 1 atom stereocenters. The van der Waals surface area contributed by atoms with Gasteiger partial charge in [0.2, 0.25) is 0 Å². The first-order valence-electron chi connectivity index (χ1n) is 3.70. The lowest BCUT2D eigenvalue weighted by Gasteiger charge is -2.11. The predicted octanol–water partition coefficient (Wildman–Crippen LogP) is 1.24. The van der Waals surface area contributed by atoms with Gasteiger partial charge in [-0.2, -0.15) is 0 Å². The van der Waals surface area contributed by atoms with Gasteiger partial charge in [0.15, 0.2) is 23.3 Å². The average molecular weight is 209 g/mol. The number of rotatable bonds is 2. The van der Waals surface area contributed by atoms with Gasteiger partial charge in [-0.25, -0.2) is 17.6 Å². The molecule has 0 fully saturated rings. The molecule has 0 heterocycles. The van der Waals surface area contributed by atoms with E-state index in [-0.39, 0.29) is 6.07 Å². The molecule has 1 unspecified atom stereocenters. The Labute approximate surface area is 77.0 Å². The molecule has 0 aliphatic rings. The number of hydrogen-bond donors (Lipinski definition) is 2. The van der Waals surface area contributed by atoms with Crippen LogP contribution in [0, 0.1) is 23.3 Å². The van der Waals surface area contributed by atoms with Crippen molar-refractivity contribution >= 4 is 0 Å². The summed E-state index contributed by atoms with van der Waals surface area (Å²) in [7, 11) is 0. The molecule has 2 nitrogen and oxygen atoms in total. The van der Waals surface area contributed by atoms with E-state index in [1.54, 1.807) is 0 Å². The Morgan fingerprint density at radius 2 is 1.57 bits per heavy atom. The maximum absolute atomic E-state index is 12.9. The summed E-state index contributed by atoms with van der Waals surface area (Å²) in [5, 5.41) is 9.00. The molecule has 0 aliphatic heterocycles. The zero-order chi connectivity index (χ0) is 10.9. The minimum atomic E-state index is -1.76. The van der Waals surface area contributed by atoms with Gasteiger partial charge in [-0.3, -0.25) is 0 Å². The van der Waals surface area contributed by atoms with Crippen LogP contribution in [0.4, 0.5) is 17.6 Å². The summed E-state index contributed by atoms with van der Waals surface area (Å²) >= 11 is 0. The molecular weight excluding hydrogens is 202 g/mol. The molecule has 0 saturated heterocycles. The lowest BCUT2D eigenvalue weighted by Crippen LogP contribution is -2.16. The Bertz CT molecular complexity index is 329. The molecule has 0 amide bonds. The van der Waals surface area contributed by atoms with Gasteiger partial charge in [0.1, 0.15) is 0 Å². The quantitative estimate of drug-likeness (QED) is 0.568. The van der Waals surface area contributed by atoms with Crippen molar-refractivity contribution in [1.29, 1.82) is 0 Å². The Morgan fingerprint density at radius 3 is 1.93 bits per heavy atom. The van der Waals surface area contributed by atoms with Crippen molar-refractivity contribution in [3.05, 3.63) is 34.9 Å². The molecule has 1 aromatic carbocycles. The standard InChI is InChI=1S/C8H7F4NO/c9-3-1-4(10)8(12)6(7(3)11)5(14)2-13/h1,5,14H,2,13H2. The molecule has 0 bridgehead atoms. The zero-order valence-electron chi connectivity index (χ0n) is 6.90. The van der Waals surface area contributed by atoms with Gasteiger partial charge in [0, 0.05) is 12.6 Å². The van der Waals surface area contributed by atoms with Crippen LogP contribution in [0.2, 0.25) is 0 Å². The monoisotopic (exact) mass is 209 g/mol. The molecule has 14 heavy (non-hydrogen) atoms. The summed E-state index contributed by atoms with van der Waals surface area (Å²) in [6.07, 6.45) is -1.76. The minimum absolute atomic E-state index is 0.0669. The van der Waals surface area contributed by atoms with E-state index in [1.165, 1.54) is 0 Å². The molecule has 0 aromatic heterocycles. The molecule has 0 aliphatic carbocycles. The van der Waals surface area contributed by atoms with Crippen LogP contribution in [0.1, 0.15) is 11.7 Å². The Balaban J connectivity index is 3.39. The van der Waals surface area contributed by atoms with E-state index in [9.17, 15) is 17.6 Å². The van der Waals surface area contributed by atoms with Gasteiger partial charge in [0.05, 0.1) is 11.7 Å². The van der Waals surface area contributed by atoms with Crippen LogP contribution >= 0.6 is 0 Å². The SMILES string of the molecule is NCC(O)c1c(F)c(F)cc(F)c1F. The molecule has 1 rings (SSSR count). The molecule has 0 saturated carbocycles. The largest absolute Gasteiger partial charge is 0.387 e. The molecule has 0 radical (unpaired) electrons. The second kappa shape index (κ2) is 3.93. The third kappa shape index (κ3) is 1.71. The summed E-state index contributed by atoms with van der Waals surface area (Å²) in [4.78, 5) is 0. The van der Waals surface area contributed by atoms with Crippen LogP contribution in [0.3, 0.4) is 0 Å². The van der Waals surface area contributed by atoms with E-state index >= 15 is 0 Å². The van der Waals surface area contributed by atoms with Crippen molar-refractivity contribution in [3.8, 4) is 0 Å². The van der Waals surface area contributed by atoms with E-state index in [2.05, 4.69) is 0 Å². The van der Waals surface area contributed by atoms with Crippen molar-refractivity contribution in [3.63, 3.8) is 0 Å². The highest BCUT2D eigenvalue weighted by atomic mass is 19.2. The molecule has 3 N–H and O–H groups in total. The van der Waals surface area contributed by atoms with Crippen molar-refractivity contribution in [2.75, 3.05) is 6.54 Å². The van der Waals surface area contributed by atoms with Crippen molar-refractivity contribution < 1.29 is 22.7 Å². The molecule has 1 aromatic rings. The fourth-order valence-electron chi connectivity index (χ4n) is 1.00. The maximum Gasteiger partial charge on any atom is 0.167 e. The summed E-state index contributed by atoms with van der Waals surface area (Å²) in [5.74, 6) is -6.37. The van der Waals surface area contributed by atoms with Gasteiger partial charge in [-0.05, 0) is 0 Å². The Morgan fingerprint density at radius 1 is 1.14 bits per heavy atom. The minimum Gasteiger partial charge on any atom is -0.387 e. The second-order valence-electron chi connectivity index (χ2n) is 2.63. The van der Waals surface area contributed by atoms with Crippen molar-refractivity contribution in [2.45, 2.75) is 6.10 Å². The fourth-order valence-corrected chi connectivity index (χ4v) is 1.00. The van der Waals surface area contributed by atoms with Crippen LogP contribution in [0.15, 0.2) is 6.07 Å². The summed E-state index contributed by atoms with van der Waals surface area (Å²) in [6.45, 7) is -0.531. The predicted molar refractivity (Wildman–Crippen MR) is 40.3 cm³/mol. The number of halogens is 4. The summed E-state index contributed by atoms with van der Waals surface area (Å²) < 4.78 is 50.9. The average Bonchev–Trinajstić information content (AvgIpc) is 2.15. The van der Waals surface area contributed by atoms with Crippen LogP contribution in [-0.4, -0.2) is 11.7 Å². The van der Waals surface area contributed by atoms with Crippen molar-refractivity contribution in [2.24, 2.45) is 5.73 Å². The van der Waals surface area contributed by atoms with Crippen LogP contribution in [0.5, 0.6) is 0 Å². The lowest BCUT2D eigenvalue weighted by molar-refractivity contribution is 0.173. The van der Waals surface area contributed by atoms with E-state index < -0.39 is 41.5 Å². The lowest BCUT2D eigenvalue weighted by atomic mass is 10.1. The number of aliphatic hydroxyl groups is 1. The van der Waals surface area contributed by atoms with Gasteiger partial charge in [-0.1, -0.05) is 0 Å². The van der Waals surface area contributed by atoms with Crippen LogP contribution < -0.4 is 5.73 Å². The van der Waals surface area contributed by atoms with Crippen LogP contribution in [0.25, 0.3) is 0 Å². The first kappa shape index (κ1) is 10.9. The summed E-state index contributed by atoms with van der Waals surface area (Å²) in [5.41, 5.74) is 3.84. The normalized spacial score (nSPS) is 13.0. The number of nitrogens with two attached hydrogens (primary N) is 1. The van der Waals surface area contributed by atoms with Gasteiger partial charge in [-0.15, -0.1) is 0 Å². The zero-order valence-corrected chi connectivity index (χ0v) is 6.90. The highest BCUT2D eigenvalue weighted by molar-refractivity contribution is 5.24. The van der Waals surface area contributed by atoms with Gasteiger partial charge < -0.3 is 10.8 Å². The highest BCUT2D eigenvalue weighted by Crippen LogP contribution is 2.24.